The molecule has 0 atom stereocenters. The smallest absolute Gasteiger partial charge is 0.109 e. The van der Waals surface area contributed by atoms with Gasteiger partial charge in [0.15, 0.2) is 0 Å². The SMILES string of the molecule is CC.CN=CN=Cc1cncn1C. The van der Waals surface area contributed by atoms with Crippen molar-refractivity contribution in [1.82, 2.24) is 9.55 Å². The average molecular weight is 180 g/mol. The third kappa shape index (κ3) is 4.20. The second-order valence-electron chi connectivity index (χ2n) is 2.08. The summed E-state index contributed by atoms with van der Waals surface area (Å²) in [5.74, 6) is 0. The number of rotatable bonds is 2. The molecule has 4 nitrogen and oxygen atoms in total. The minimum atomic E-state index is 0.963. The van der Waals surface area contributed by atoms with Crippen LogP contribution in [0.2, 0.25) is 0 Å². The van der Waals surface area contributed by atoms with E-state index in [1.54, 1.807) is 25.8 Å². The number of nitrogens with zero attached hydrogens (tertiary/aromatic N) is 4. The molecule has 0 saturated carbocycles. The molecule has 4 heteroatoms. The zero-order chi connectivity index (χ0) is 10.1. The van der Waals surface area contributed by atoms with Crippen LogP contribution in [0.15, 0.2) is 22.5 Å². The topological polar surface area (TPSA) is 42.5 Å². The van der Waals surface area contributed by atoms with Crippen molar-refractivity contribution >= 4 is 12.6 Å². The Bertz CT molecular complexity index is 273. The molecule has 0 aliphatic heterocycles. The third-order valence-electron chi connectivity index (χ3n) is 1.24. The molecular weight excluding hydrogens is 164 g/mol. The minimum Gasteiger partial charge on any atom is -0.333 e. The summed E-state index contributed by atoms with van der Waals surface area (Å²) in [5.41, 5.74) is 0.963. The molecule has 13 heavy (non-hydrogen) atoms. The lowest BCUT2D eigenvalue weighted by atomic mass is 10.5. The fourth-order valence-corrected chi connectivity index (χ4v) is 0.668. The van der Waals surface area contributed by atoms with E-state index in [0.29, 0.717) is 0 Å². The molecule has 0 amide bonds. The van der Waals surface area contributed by atoms with Crippen LogP contribution in [0, 0.1) is 0 Å². The van der Waals surface area contributed by atoms with Crippen LogP contribution in [-0.2, 0) is 7.05 Å². The molecule has 0 aliphatic carbocycles. The van der Waals surface area contributed by atoms with Gasteiger partial charge in [-0.1, -0.05) is 13.8 Å². The van der Waals surface area contributed by atoms with E-state index < -0.39 is 0 Å². The highest BCUT2D eigenvalue weighted by Gasteiger charge is 1.89. The second-order valence-corrected chi connectivity index (χ2v) is 2.08. The zero-order valence-corrected chi connectivity index (χ0v) is 8.60. The Morgan fingerprint density at radius 3 is 2.62 bits per heavy atom. The number of hydrogen-bond donors (Lipinski definition) is 0. The molecule has 1 aromatic heterocycles. The van der Waals surface area contributed by atoms with Crippen molar-refractivity contribution in [3.05, 3.63) is 18.2 Å². The summed E-state index contributed by atoms with van der Waals surface area (Å²) in [6, 6.07) is 0. The molecule has 0 N–H and O–H groups in total. The number of hydrogen-bond acceptors (Lipinski definition) is 2. The maximum absolute atomic E-state index is 3.93. The Morgan fingerprint density at radius 2 is 2.15 bits per heavy atom. The van der Waals surface area contributed by atoms with Crippen molar-refractivity contribution in [2.45, 2.75) is 13.8 Å². The van der Waals surface area contributed by atoms with E-state index in [0.717, 1.165) is 5.69 Å². The molecule has 0 saturated heterocycles. The lowest BCUT2D eigenvalue weighted by Crippen LogP contribution is -1.92. The van der Waals surface area contributed by atoms with Crippen LogP contribution in [0.1, 0.15) is 19.5 Å². The highest BCUT2D eigenvalue weighted by Crippen LogP contribution is 1.89. The van der Waals surface area contributed by atoms with E-state index in [9.17, 15) is 0 Å². The molecule has 0 fully saturated rings. The van der Waals surface area contributed by atoms with Crippen LogP contribution in [0.25, 0.3) is 0 Å². The third-order valence-corrected chi connectivity index (χ3v) is 1.24. The summed E-state index contributed by atoms with van der Waals surface area (Å²) in [4.78, 5) is 11.6. The summed E-state index contributed by atoms with van der Waals surface area (Å²) < 4.78 is 1.88. The van der Waals surface area contributed by atoms with E-state index >= 15 is 0 Å². The zero-order valence-electron chi connectivity index (χ0n) is 8.60. The number of aromatic nitrogens is 2. The fraction of sp³-hybridized carbons (Fsp3) is 0.444. The van der Waals surface area contributed by atoms with Crippen LogP contribution in [0.4, 0.5) is 0 Å². The van der Waals surface area contributed by atoms with Gasteiger partial charge in [0.1, 0.15) is 6.34 Å². The Labute approximate surface area is 79.1 Å². The van der Waals surface area contributed by atoms with E-state index in [4.69, 9.17) is 0 Å². The molecule has 0 aromatic carbocycles. The molecule has 0 radical (unpaired) electrons. The predicted molar refractivity (Wildman–Crippen MR) is 56.6 cm³/mol. The predicted octanol–water partition coefficient (Wildman–Crippen LogP) is 1.52. The van der Waals surface area contributed by atoms with Crippen LogP contribution in [0.3, 0.4) is 0 Å². The van der Waals surface area contributed by atoms with Gasteiger partial charge in [0.25, 0.3) is 0 Å². The van der Waals surface area contributed by atoms with Crippen molar-refractivity contribution in [2.24, 2.45) is 17.0 Å². The molecular formula is C9H16N4. The first-order chi connectivity index (χ1) is 6.34. The molecule has 0 aliphatic rings. The first-order valence-corrected chi connectivity index (χ1v) is 4.24. The van der Waals surface area contributed by atoms with E-state index in [1.165, 1.54) is 6.34 Å². The van der Waals surface area contributed by atoms with E-state index in [1.807, 2.05) is 25.5 Å². The Balaban J connectivity index is 0.000000671. The molecule has 72 valence electrons. The van der Waals surface area contributed by atoms with Crippen molar-refractivity contribution < 1.29 is 0 Å². The maximum Gasteiger partial charge on any atom is 0.109 e. The van der Waals surface area contributed by atoms with Crippen molar-refractivity contribution in [3.8, 4) is 0 Å². The monoisotopic (exact) mass is 180 g/mol. The molecule has 1 heterocycles. The van der Waals surface area contributed by atoms with E-state index in [-0.39, 0.29) is 0 Å². The molecule has 0 bridgehead atoms. The molecule has 1 rings (SSSR count). The van der Waals surface area contributed by atoms with Crippen LogP contribution in [-0.4, -0.2) is 29.2 Å². The number of aryl methyl sites for hydroxylation is 1. The quantitative estimate of drug-likeness (QED) is 0.502. The van der Waals surface area contributed by atoms with Crippen LogP contribution in [0.5, 0.6) is 0 Å². The van der Waals surface area contributed by atoms with Gasteiger partial charge in [0, 0.05) is 14.1 Å². The van der Waals surface area contributed by atoms with Crippen LogP contribution >= 0.6 is 0 Å². The summed E-state index contributed by atoms with van der Waals surface area (Å²) in [6.07, 6.45) is 6.67. The summed E-state index contributed by atoms with van der Waals surface area (Å²) >= 11 is 0. The van der Waals surface area contributed by atoms with Gasteiger partial charge in [-0.2, -0.15) is 0 Å². The average Bonchev–Trinajstić information content (AvgIpc) is 2.56. The lowest BCUT2D eigenvalue weighted by molar-refractivity contribution is 0.905. The Morgan fingerprint density at radius 1 is 1.46 bits per heavy atom. The first kappa shape index (κ1) is 11.6. The molecule has 1 aromatic rings. The van der Waals surface area contributed by atoms with Crippen molar-refractivity contribution in [1.29, 1.82) is 0 Å². The fourth-order valence-electron chi connectivity index (χ4n) is 0.668. The normalized spacial score (nSPS) is 10.5. The molecule has 0 spiro atoms. The van der Waals surface area contributed by atoms with Gasteiger partial charge in [0.2, 0.25) is 0 Å². The maximum atomic E-state index is 3.93. The van der Waals surface area contributed by atoms with Gasteiger partial charge in [-0.05, 0) is 0 Å². The van der Waals surface area contributed by atoms with Gasteiger partial charge in [-0.3, -0.25) is 4.99 Å². The Hall–Kier alpha value is -1.45. The standard InChI is InChI=1S/C7H10N4.C2H6/c1-8-5-9-3-7-4-10-6-11(7)2;1-2/h3-6H,1-2H3;1-2H3. The second kappa shape index (κ2) is 7.21. The summed E-state index contributed by atoms with van der Waals surface area (Å²) in [6.45, 7) is 4.00. The number of imidazole rings is 1. The highest BCUT2D eigenvalue weighted by molar-refractivity contribution is 5.83. The first-order valence-electron chi connectivity index (χ1n) is 4.24. The lowest BCUT2D eigenvalue weighted by Gasteiger charge is -1.90. The number of aliphatic imine (C=N–C) groups is 2. The molecule has 0 unspecified atom stereocenters. The van der Waals surface area contributed by atoms with Gasteiger partial charge >= 0.3 is 0 Å². The van der Waals surface area contributed by atoms with E-state index in [2.05, 4.69) is 15.0 Å². The summed E-state index contributed by atoms with van der Waals surface area (Å²) in [7, 11) is 3.60. The summed E-state index contributed by atoms with van der Waals surface area (Å²) in [5, 5.41) is 0. The highest BCUT2D eigenvalue weighted by atomic mass is 15.0. The largest absolute Gasteiger partial charge is 0.333 e. The van der Waals surface area contributed by atoms with Gasteiger partial charge in [-0.25, -0.2) is 9.98 Å². The van der Waals surface area contributed by atoms with Gasteiger partial charge in [0.05, 0.1) is 24.4 Å². The minimum absolute atomic E-state index is 0.963. The van der Waals surface area contributed by atoms with Gasteiger partial charge < -0.3 is 4.57 Å². The van der Waals surface area contributed by atoms with Crippen molar-refractivity contribution in [3.63, 3.8) is 0 Å². The van der Waals surface area contributed by atoms with Crippen LogP contribution < -0.4 is 0 Å². The Kier molecular flexibility index (Phi) is 6.41. The van der Waals surface area contributed by atoms with Gasteiger partial charge in [-0.15, -0.1) is 0 Å². The van der Waals surface area contributed by atoms with Crippen molar-refractivity contribution in [2.75, 3.05) is 7.05 Å².